The monoisotopic (exact) mass is 335 g/mol. The molecule has 0 bridgehead atoms. The van der Waals surface area contributed by atoms with Crippen molar-refractivity contribution in [2.45, 2.75) is 13.0 Å². The van der Waals surface area contributed by atoms with Crippen LogP contribution in [-0.4, -0.2) is 26.1 Å². The summed E-state index contributed by atoms with van der Waals surface area (Å²) in [4.78, 5) is 15.8. The van der Waals surface area contributed by atoms with Crippen LogP contribution in [0.15, 0.2) is 24.3 Å². The van der Waals surface area contributed by atoms with Gasteiger partial charge in [-0.25, -0.2) is 0 Å². The molecule has 3 heterocycles. The van der Waals surface area contributed by atoms with Crippen molar-refractivity contribution in [1.82, 2.24) is 13.6 Å². The third-order valence-electron chi connectivity index (χ3n) is 3.62. The zero-order valence-corrected chi connectivity index (χ0v) is 13.3. The Hall–Kier alpha value is -1.50. The number of halogens is 1. The maximum absolute atomic E-state index is 12.6. The van der Waals surface area contributed by atoms with Crippen LogP contribution >= 0.6 is 34.7 Å². The minimum Gasteiger partial charge on any atom is -0.334 e. The molecule has 0 atom stereocenters. The second-order valence-corrected chi connectivity index (χ2v) is 7.24. The number of rotatable bonds is 1. The molecule has 3 aromatic rings. The first-order valence-corrected chi connectivity index (χ1v) is 8.42. The van der Waals surface area contributed by atoms with E-state index in [-0.39, 0.29) is 5.91 Å². The fourth-order valence-corrected chi connectivity index (χ4v) is 4.38. The number of hydrogen-bond donors (Lipinski definition) is 0. The highest BCUT2D eigenvalue weighted by molar-refractivity contribution is 7.16. The lowest BCUT2D eigenvalue weighted by Crippen LogP contribution is -2.35. The van der Waals surface area contributed by atoms with E-state index in [2.05, 4.69) is 8.75 Å². The van der Waals surface area contributed by atoms with Gasteiger partial charge in [0.1, 0.15) is 11.0 Å². The average molecular weight is 336 g/mol. The van der Waals surface area contributed by atoms with E-state index in [1.165, 1.54) is 10.4 Å². The second-order valence-electron chi connectivity index (χ2n) is 4.94. The number of benzene rings is 1. The number of amides is 1. The molecule has 1 aliphatic heterocycles. The van der Waals surface area contributed by atoms with E-state index in [9.17, 15) is 4.79 Å². The molecule has 4 nitrogen and oxygen atoms in total. The molecule has 7 heteroatoms. The Morgan fingerprint density at radius 2 is 2.10 bits per heavy atom. The van der Waals surface area contributed by atoms with E-state index >= 15 is 0 Å². The lowest BCUT2D eigenvalue weighted by atomic mass is 10.1. The molecular weight excluding hydrogens is 326 g/mol. The zero-order chi connectivity index (χ0) is 14.4. The average Bonchev–Trinajstić information content (AvgIpc) is 3.09. The van der Waals surface area contributed by atoms with Crippen molar-refractivity contribution in [3.63, 3.8) is 0 Å². The molecule has 0 fully saturated rings. The number of aromatic nitrogens is 2. The Morgan fingerprint density at radius 1 is 1.24 bits per heavy atom. The molecule has 4 rings (SSSR count). The van der Waals surface area contributed by atoms with Gasteiger partial charge in [0.25, 0.3) is 5.91 Å². The van der Waals surface area contributed by atoms with E-state index in [1.54, 1.807) is 11.3 Å². The first kappa shape index (κ1) is 13.2. The Bertz CT molecular complexity index is 842. The molecule has 0 aliphatic carbocycles. The van der Waals surface area contributed by atoms with Crippen LogP contribution in [0, 0.1) is 0 Å². The fraction of sp³-hybridized carbons (Fsp3) is 0.214. The molecule has 0 radical (unpaired) electrons. The van der Waals surface area contributed by atoms with E-state index in [0.717, 1.165) is 40.1 Å². The number of thiophene rings is 1. The van der Waals surface area contributed by atoms with Crippen LogP contribution in [0.3, 0.4) is 0 Å². The van der Waals surface area contributed by atoms with Gasteiger partial charge < -0.3 is 4.90 Å². The molecule has 1 aliphatic rings. The third kappa shape index (κ3) is 2.33. The van der Waals surface area contributed by atoms with Crippen molar-refractivity contribution in [2.75, 3.05) is 6.54 Å². The highest BCUT2D eigenvalue weighted by Gasteiger charge is 2.23. The predicted octanol–water partition coefficient (Wildman–Crippen LogP) is 3.60. The summed E-state index contributed by atoms with van der Waals surface area (Å²) in [6.07, 6.45) is 0.874. The highest BCUT2D eigenvalue weighted by atomic mass is 35.5. The molecule has 106 valence electrons. The van der Waals surface area contributed by atoms with Crippen LogP contribution in [0.4, 0.5) is 0 Å². The van der Waals surface area contributed by atoms with Crippen molar-refractivity contribution in [3.8, 4) is 0 Å². The van der Waals surface area contributed by atoms with Crippen molar-refractivity contribution < 1.29 is 4.79 Å². The first-order chi connectivity index (χ1) is 10.2. The Kier molecular flexibility index (Phi) is 3.17. The molecule has 21 heavy (non-hydrogen) atoms. The molecule has 0 unspecified atom stereocenters. The first-order valence-electron chi connectivity index (χ1n) is 6.49. The standard InChI is InChI=1S/C14H10ClN3OS2/c15-13-6-9-7-18(4-3-12(9)20-13)14(19)8-1-2-10-11(5-8)17-21-16-10/h1-2,5-6H,3-4,7H2. The molecule has 1 amide bonds. The van der Waals surface area contributed by atoms with Crippen LogP contribution in [0.2, 0.25) is 4.34 Å². The zero-order valence-electron chi connectivity index (χ0n) is 10.9. The van der Waals surface area contributed by atoms with Crippen molar-refractivity contribution >= 4 is 51.6 Å². The quantitative estimate of drug-likeness (QED) is 0.682. The summed E-state index contributed by atoms with van der Waals surface area (Å²) in [5.41, 5.74) is 3.45. The van der Waals surface area contributed by atoms with Gasteiger partial charge in [0.15, 0.2) is 0 Å². The summed E-state index contributed by atoms with van der Waals surface area (Å²) in [5, 5.41) is 0. The van der Waals surface area contributed by atoms with Crippen molar-refractivity contribution in [3.05, 3.63) is 44.6 Å². The molecule has 1 aromatic carbocycles. The van der Waals surface area contributed by atoms with Crippen LogP contribution in [-0.2, 0) is 13.0 Å². The molecule has 2 aromatic heterocycles. The number of carbonyl (C=O) groups excluding carboxylic acids is 1. The summed E-state index contributed by atoms with van der Waals surface area (Å²) in [7, 11) is 0. The summed E-state index contributed by atoms with van der Waals surface area (Å²) < 4.78 is 9.14. The van der Waals surface area contributed by atoms with Gasteiger partial charge in [-0.3, -0.25) is 4.79 Å². The number of hydrogen-bond acceptors (Lipinski definition) is 5. The SMILES string of the molecule is O=C(c1ccc2nsnc2c1)N1CCc2sc(Cl)cc2C1. The minimum absolute atomic E-state index is 0.0397. The van der Waals surface area contributed by atoms with Crippen molar-refractivity contribution in [1.29, 1.82) is 0 Å². The molecule has 0 saturated heterocycles. The van der Waals surface area contributed by atoms with Gasteiger partial charge in [0, 0.05) is 23.5 Å². The normalized spacial score (nSPS) is 14.4. The molecule has 0 saturated carbocycles. The highest BCUT2D eigenvalue weighted by Crippen LogP contribution is 2.31. The Morgan fingerprint density at radius 3 is 3.00 bits per heavy atom. The maximum atomic E-state index is 12.6. The number of nitrogens with zero attached hydrogens (tertiary/aromatic N) is 3. The molecule has 0 N–H and O–H groups in total. The van der Waals surface area contributed by atoms with Crippen LogP contribution in [0.25, 0.3) is 11.0 Å². The second kappa shape index (κ2) is 5.05. The van der Waals surface area contributed by atoms with Gasteiger partial charge in [-0.2, -0.15) is 8.75 Å². The topological polar surface area (TPSA) is 46.1 Å². The minimum atomic E-state index is 0.0397. The summed E-state index contributed by atoms with van der Waals surface area (Å²) in [5.74, 6) is 0.0397. The van der Waals surface area contributed by atoms with Crippen LogP contribution in [0.1, 0.15) is 20.8 Å². The third-order valence-corrected chi connectivity index (χ3v) is 5.55. The lowest BCUT2D eigenvalue weighted by molar-refractivity contribution is 0.0736. The largest absolute Gasteiger partial charge is 0.334 e. The molecule has 0 spiro atoms. The van der Waals surface area contributed by atoms with Gasteiger partial charge in [-0.05, 0) is 36.2 Å². The summed E-state index contributed by atoms with van der Waals surface area (Å²) in [6, 6.07) is 7.46. The van der Waals surface area contributed by atoms with Crippen molar-refractivity contribution in [2.24, 2.45) is 0 Å². The number of fused-ring (bicyclic) bond motifs is 2. The van der Waals surface area contributed by atoms with E-state index in [1.807, 2.05) is 29.2 Å². The van der Waals surface area contributed by atoms with E-state index < -0.39 is 0 Å². The Labute approximate surface area is 134 Å². The fourth-order valence-electron chi connectivity index (χ4n) is 2.57. The van der Waals surface area contributed by atoms with Crippen LogP contribution < -0.4 is 0 Å². The number of carbonyl (C=O) groups is 1. The predicted molar refractivity (Wildman–Crippen MR) is 85.2 cm³/mol. The van der Waals surface area contributed by atoms with Gasteiger partial charge in [0.2, 0.25) is 0 Å². The Balaban J connectivity index is 1.62. The molecular formula is C14H10ClN3OS2. The van der Waals surface area contributed by atoms with E-state index in [0.29, 0.717) is 12.1 Å². The smallest absolute Gasteiger partial charge is 0.254 e. The van der Waals surface area contributed by atoms with Gasteiger partial charge in [-0.1, -0.05) is 11.6 Å². The van der Waals surface area contributed by atoms with Gasteiger partial charge >= 0.3 is 0 Å². The lowest BCUT2D eigenvalue weighted by Gasteiger charge is -2.27. The van der Waals surface area contributed by atoms with Gasteiger partial charge in [0.05, 0.1) is 16.1 Å². The maximum Gasteiger partial charge on any atom is 0.254 e. The van der Waals surface area contributed by atoms with E-state index in [4.69, 9.17) is 11.6 Å². The summed E-state index contributed by atoms with van der Waals surface area (Å²) >= 11 is 8.83. The van der Waals surface area contributed by atoms with Crippen LogP contribution in [0.5, 0.6) is 0 Å². The summed E-state index contributed by atoms with van der Waals surface area (Å²) in [6.45, 7) is 1.36. The van der Waals surface area contributed by atoms with Gasteiger partial charge in [-0.15, -0.1) is 11.3 Å².